The lowest BCUT2D eigenvalue weighted by Gasteiger charge is -2.25. The van der Waals surface area contributed by atoms with Gasteiger partial charge in [0.05, 0.1) is 11.0 Å². The van der Waals surface area contributed by atoms with E-state index in [0.717, 1.165) is 18.9 Å². The molecule has 0 radical (unpaired) electrons. The van der Waals surface area contributed by atoms with E-state index in [1.165, 1.54) is 12.1 Å². The normalized spacial score (nSPS) is 17.1. The molecule has 1 saturated carbocycles. The number of hydrogen-bond acceptors (Lipinski definition) is 5. The molecule has 0 bridgehead atoms. The number of halogens is 1. The molecule has 0 saturated heterocycles. The van der Waals surface area contributed by atoms with Gasteiger partial charge in [-0.05, 0) is 31.9 Å². The molecular formula is C13H14FN3O3. The Morgan fingerprint density at radius 3 is 2.85 bits per heavy atom. The minimum absolute atomic E-state index is 0.128. The Balaban J connectivity index is 2.22. The second kappa shape index (κ2) is 5.43. The molecule has 1 aliphatic carbocycles. The molecule has 1 atom stereocenters. The first-order valence-electron chi connectivity index (χ1n) is 6.20. The summed E-state index contributed by atoms with van der Waals surface area (Å²) in [6.07, 6.45) is 1.77. The fourth-order valence-electron chi connectivity index (χ4n) is 2.12. The minimum Gasteiger partial charge on any atom is -0.482 e. The lowest BCUT2D eigenvalue weighted by molar-refractivity contribution is -0.386. The second-order valence-corrected chi connectivity index (χ2v) is 4.74. The predicted molar refractivity (Wildman–Crippen MR) is 68.7 cm³/mol. The average molecular weight is 279 g/mol. The second-order valence-electron chi connectivity index (χ2n) is 4.74. The number of hydrogen-bond donors (Lipinski definition) is 1. The van der Waals surface area contributed by atoms with Crippen LogP contribution in [-0.2, 0) is 0 Å². The van der Waals surface area contributed by atoms with Gasteiger partial charge in [-0.1, -0.05) is 6.07 Å². The Bertz CT molecular complexity index is 568. The summed E-state index contributed by atoms with van der Waals surface area (Å²) in [6, 6.07) is 5.64. The molecule has 1 aromatic rings. The summed E-state index contributed by atoms with van der Waals surface area (Å²) in [5.41, 5.74) is -1.38. The van der Waals surface area contributed by atoms with Crippen LogP contribution < -0.4 is 10.1 Å². The van der Waals surface area contributed by atoms with E-state index in [1.54, 1.807) is 7.05 Å². The van der Waals surface area contributed by atoms with E-state index in [4.69, 9.17) is 4.74 Å². The zero-order valence-corrected chi connectivity index (χ0v) is 10.9. The van der Waals surface area contributed by atoms with E-state index in [0.29, 0.717) is 0 Å². The summed E-state index contributed by atoms with van der Waals surface area (Å²) in [5, 5.41) is 23.0. The highest BCUT2D eigenvalue weighted by Gasteiger charge is 2.46. The number of nitro benzene ring substituents is 1. The largest absolute Gasteiger partial charge is 0.482 e. The quantitative estimate of drug-likeness (QED) is 0.635. The van der Waals surface area contributed by atoms with Crippen LogP contribution in [0.2, 0.25) is 0 Å². The first-order chi connectivity index (χ1) is 9.54. The summed E-state index contributed by atoms with van der Waals surface area (Å²) in [7, 11) is 1.63. The highest BCUT2D eigenvalue weighted by Crippen LogP contribution is 2.40. The summed E-state index contributed by atoms with van der Waals surface area (Å²) >= 11 is 0. The molecule has 2 rings (SSSR count). The maximum absolute atomic E-state index is 13.7. The van der Waals surface area contributed by atoms with Gasteiger partial charge in [0.15, 0.2) is 5.82 Å². The SMILES string of the molecule is CNC(C#N)(COc1c(F)cccc1[N+](=O)[O-])C1CC1. The Morgan fingerprint density at radius 2 is 2.35 bits per heavy atom. The molecule has 0 aliphatic heterocycles. The third-order valence-electron chi connectivity index (χ3n) is 3.51. The molecule has 1 fully saturated rings. The molecule has 0 amide bonds. The Labute approximate surface area is 115 Å². The number of nitrogens with one attached hydrogen (secondary N) is 1. The van der Waals surface area contributed by atoms with Gasteiger partial charge in [-0.2, -0.15) is 5.26 Å². The van der Waals surface area contributed by atoms with E-state index in [1.807, 2.05) is 0 Å². The van der Waals surface area contributed by atoms with Gasteiger partial charge in [-0.15, -0.1) is 0 Å². The summed E-state index contributed by atoms with van der Waals surface area (Å²) in [4.78, 5) is 10.2. The van der Waals surface area contributed by atoms with Crippen molar-refractivity contribution in [3.63, 3.8) is 0 Å². The topological polar surface area (TPSA) is 88.2 Å². The van der Waals surface area contributed by atoms with Crippen molar-refractivity contribution in [1.82, 2.24) is 5.32 Å². The fourth-order valence-corrected chi connectivity index (χ4v) is 2.12. The first kappa shape index (κ1) is 14.2. The van der Waals surface area contributed by atoms with Crippen LogP contribution in [0, 0.1) is 33.2 Å². The number of likely N-dealkylation sites (N-methyl/N-ethyl adjacent to an activating group) is 1. The molecule has 1 aliphatic rings. The number of nitro groups is 1. The average Bonchev–Trinajstić information content (AvgIpc) is 3.26. The van der Waals surface area contributed by atoms with Crippen molar-refractivity contribution in [2.24, 2.45) is 5.92 Å². The fraction of sp³-hybridized carbons (Fsp3) is 0.462. The standard InChI is InChI=1S/C13H14FN3O3/c1-16-13(7-15,9-5-6-9)8-20-12-10(14)3-2-4-11(12)17(18)19/h2-4,9,16H,5-6,8H2,1H3. The Morgan fingerprint density at radius 1 is 1.65 bits per heavy atom. The van der Waals surface area contributed by atoms with Crippen LogP contribution in [0.25, 0.3) is 0 Å². The zero-order chi connectivity index (χ0) is 14.8. The molecule has 7 heteroatoms. The molecule has 0 spiro atoms. The molecule has 6 nitrogen and oxygen atoms in total. The minimum atomic E-state index is -0.934. The van der Waals surface area contributed by atoms with Crippen LogP contribution in [0.1, 0.15) is 12.8 Å². The van der Waals surface area contributed by atoms with Crippen molar-refractivity contribution in [2.75, 3.05) is 13.7 Å². The van der Waals surface area contributed by atoms with Crippen LogP contribution in [0.4, 0.5) is 10.1 Å². The molecule has 0 heterocycles. The third-order valence-corrected chi connectivity index (χ3v) is 3.51. The molecule has 1 N–H and O–H groups in total. The smallest absolute Gasteiger partial charge is 0.314 e. The monoisotopic (exact) mass is 279 g/mol. The van der Waals surface area contributed by atoms with E-state index in [-0.39, 0.29) is 12.5 Å². The van der Waals surface area contributed by atoms with Gasteiger partial charge in [-0.3, -0.25) is 15.4 Å². The van der Waals surface area contributed by atoms with Gasteiger partial charge in [0.2, 0.25) is 5.75 Å². The van der Waals surface area contributed by atoms with Crippen LogP contribution in [0.15, 0.2) is 18.2 Å². The third kappa shape index (κ3) is 2.56. The molecular weight excluding hydrogens is 265 g/mol. The van der Waals surface area contributed by atoms with Crippen LogP contribution >= 0.6 is 0 Å². The van der Waals surface area contributed by atoms with Crippen molar-refractivity contribution in [3.8, 4) is 11.8 Å². The van der Waals surface area contributed by atoms with Crippen LogP contribution in [0.5, 0.6) is 5.75 Å². The van der Waals surface area contributed by atoms with E-state index in [9.17, 15) is 19.8 Å². The molecule has 0 aromatic heterocycles. The number of nitriles is 1. The lowest BCUT2D eigenvalue weighted by atomic mass is 9.96. The summed E-state index contributed by atoms with van der Waals surface area (Å²) in [6.45, 7) is -0.132. The Hall–Kier alpha value is -2.20. The van der Waals surface area contributed by atoms with Gasteiger partial charge >= 0.3 is 5.69 Å². The van der Waals surface area contributed by atoms with Crippen molar-refractivity contribution in [2.45, 2.75) is 18.4 Å². The first-order valence-corrected chi connectivity index (χ1v) is 6.20. The van der Waals surface area contributed by atoms with Gasteiger partial charge in [0.1, 0.15) is 12.1 Å². The summed E-state index contributed by atoms with van der Waals surface area (Å²) in [5.74, 6) is -1.10. The van der Waals surface area contributed by atoms with Crippen LogP contribution in [0.3, 0.4) is 0 Å². The Kier molecular flexibility index (Phi) is 3.86. The van der Waals surface area contributed by atoms with Crippen molar-refractivity contribution < 1.29 is 14.1 Å². The van der Waals surface area contributed by atoms with E-state index in [2.05, 4.69) is 11.4 Å². The number of rotatable bonds is 6. The van der Waals surface area contributed by atoms with Gasteiger partial charge in [-0.25, -0.2) is 4.39 Å². The van der Waals surface area contributed by atoms with Crippen molar-refractivity contribution >= 4 is 5.69 Å². The molecule has 1 unspecified atom stereocenters. The van der Waals surface area contributed by atoms with Gasteiger partial charge < -0.3 is 4.74 Å². The predicted octanol–water partition coefficient (Wildman–Crippen LogP) is 2.00. The zero-order valence-electron chi connectivity index (χ0n) is 10.9. The van der Waals surface area contributed by atoms with Gasteiger partial charge in [0.25, 0.3) is 0 Å². The molecule has 106 valence electrons. The van der Waals surface area contributed by atoms with Crippen molar-refractivity contribution in [1.29, 1.82) is 5.26 Å². The maximum atomic E-state index is 13.7. The number of benzene rings is 1. The van der Waals surface area contributed by atoms with E-state index >= 15 is 0 Å². The number of ether oxygens (including phenoxy) is 1. The molecule has 20 heavy (non-hydrogen) atoms. The summed E-state index contributed by atoms with van der Waals surface area (Å²) < 4.78 is 19.0. The maximum Gasteiger partial charge on any atom is 0.314 e. The number of para-hydroxylation sites is 1. The van der Waals surface area contributed by atoms with Crippen LogP contribution in [-0.4, -0.2) is 24.1 Å². The molecule has 1 aromatic carbocycles. The highest BCUT2D eigenvalue weighted by atomic mass is 19.1. The van der Waals surface area contributed by atoms with Gasteiger partial charge in [0, 0.05) is 6.07 Å². The lowest BCUT2D eigenvalue weighted by Crippen LogP contribution is -2.49. The highest BCUT2D eigenvalue weighted by molar-refractivity contribution is 5.47. The number of nitrogens with zero attached hydrogens (tertiary/aromatic N) is 2. The van der Waals surface area contributed by atoms with Crippen molar-refractivity contribution in [3.05, 3.63) is 34.1 Å². The van der Waals surface area contributed by atoms with E-state index < -0.39 is 27.7 Å².